The molecular formula is C15H22N2O2. The van der Waals surface area contributed by atoms with Crippen LogP contribution in [0.2, 0.25) is 0 Å². The lowest BCUT2D eigenvalue weighted by atomic mass is 10.1. The molecule has 104 valence electrons. The molecule has 19 heavy (non-hydrogen) atoms. The average Bonchev–Trinajstić information content (AvgIpc) is 2.50. The minimum atomic E-state index is -0.453. The third kappa shape index (κ3) is 4.16. The Morgan fingerprint density at radius 3 is 2.84 bits per heavy atom. The van der Waals surface area contributed by atoms with Crippen LogP contribution in [0.1, 0.15) is 32.8 Å². The first-order valence-corrected chi connectivity index (χ1v) is 6.75. The predicted molar refractivity (Wildman–Crippen MR) is 76.4 cm³/mol. The first kappa shape index (κ1) is 13.7. The number of aryl methyl sites for hydroxylation is 1. The first-order chi connectivity index (χ1) is 8.94. The van der Waals surface area contributed by atoms with Gasteiger partial charge in [0.15, 0.2) is 0 Å². The number of para-hydroxylation sites is 1. The number of amides is 1. The Morgan fingerprint density at radius 2 is 2.11 bits per heavy atom. The SMILES string of the molecule is CC(C)(C)OC(=O)N[C@@H]1CCc2ccccc2NC1. The van der Waals surface area contributed by atoms with Gasteiger partial charge in [-0.25, -0.2) is 4.79 Å². The van der Waals surface area contributed by atoms with Gasteiger partial charge in [-0.05, 0) is 45.2 Å². The summed E-state index contributed by atoms with van der Waals surface area (Å²) in [7, 11) is 0. The van der Waals surface area contributed by atoms with E-state index in [-0.39, 0.29) is 12.1 Å². The Kier molecular flexibility index (Phi) is 3.98. The van der Waals surface area contributed by atoms with Gasteiger partial charge in [0.25, 0.3) is 0 Å². The quantitative estimate of drug-likeness (QED) is 0.818. The summed E-state index contributed by atoms with van der Waals surface area (Å²) in [5.74, 6) is 0. The molecule has 0 spiro atoms. The Balaban J connectivity index is 1.90. The van der Waals surface area contributed by atoms with Gasteiger partial charge in [0.1, 0.15) is 5.60 Å². The maximum absolute atomic E-state index is 11.8. The van der Waals surface area contributed by atoms with Crippen LogP contribution in [0.25, 0.3) is 0 Å². The standard InChI is InChI=1S/C15H22N2O2/c1-15(2,3)19-14(18)17-12-9-8-11-6-4-5-7-13(11)16-10-12/h4-7,12,16H,8-10H2,1-3H3,(H,17,18)/t12-/m1/s1. The van der Waals surface area contributed by atoms with Crippen molar-refractivity contribution in [1.29, 1.82) is 0 Å². The van der Waals surface area contributed by atoms with Gasteiger partial charge in [0.2, 0.25) is 0 Å². The maximum Gasteiger partial charge on any atom is 0.407 e. The molecule has 4 nitrogen and oxygen atoms in total. The third-order valence-corrected chi connectivity index (χ3v) is 3.04. The molecular weight excluding hydrogens is 240 g/mol. The highest BCUT2D eigenvalue weighted by Crippen LogP contribution is 2.21. The van der Waals surface area contributed by atoms with E-state index in [0.29, 0.717) is 0 Å². The van der Waals surface area contributed by atoms with Crippen LogP contribution in [0.15, 0.2) is 24.3 Å². The fourth-order valence-corrected chi connectivity index (χ4v) is 2.17. The first-order valence-electron chi connectivity index (χ1n) is 6.75. The number of rotatable bonds is 1. The summed E-state index contributed by atoms with van der Waals surface area (Å²) in [4.78, 5) is 11.8. The topological polar surface area (TPSA) is 50.4 Å². The Labute approximate surface area is 114 Å². The summed E-state index contributed by atoms with van der Waals surface area (Å²) in [6.07, 6.45) is 1.54. The molecule has 1 aliphatic rings. The number of carbonyl (C=O) groups is 1. The van der Waals surface area contributed by atoms with Gasteiger partial charge >= 0.3 is 6.09 Å². The summed E-state index contributed by atoms with van der Waals surface area (Å²) in [5, 5.41) is 6.30. The van der Waals surface area contributed by atoms with Crippen molar-refractivity contribution in [3.8, 4) is 0 Å². The highest BCUT2D eigenvalue weighted by Gasteiger charge is 2.21. The molecule has 0 aliphatic carbocycles. The number of alkyl carbamates (subject to hydrolysis) is 1. The summed E-state index contributed by atoms with van der Waals surface area (Å²) in [6.45, 7) is 6.34. The highest BCUT2D eigenvalue weighted by molar-refractivity contribution is 5.68. The van der Waals surface area contributed by atoms with Crippen LogP contribution in [0, 0.1) is 0 Å². The number of benzene rings is 1. The van der Waals surface area contributed by atoms with E-state index in [9.17, 15) is 4.79 Å². The monoisotopic (exact) mass is 262 g/mol. The zero-order valence-corrected chi connectivity index (χ0v) is 11.8. The Bertz CT molecular complexity index is 425. The van der Waals surface area contributed by atoms with Crippen molar-refractivity contribution < 1.29 is 9.53 Å². The molecule has 1 aliphatic heterocycles. The van der Waals surface area contributed by atoms with E-state index in [2.05, 4.69) is 22.8 Å². The average molecular weight is 262 g/mol. The van der Waals surface area contributed by atoms with Crippen molar-refractivity contribution in [1.82, 2.24) is 5.32 Å². The molecule has 2 N–H and O–H groups in total. The van der Waals surface area contributed by atoms with E-state index in [1.54, 1.807) is 0 Å². The maximum atomic E-state index is 11.8. The lowest BCUT2D eigenvalue weighted by molar-refractivity contribution is 0.0505. The number of ether oxygens (including phenoxy) is 1. The zero-order valence-electron chi connectivity index (χ0n) is 11.8. The lowest BCUT2D eigenvalue weighted by Crippen LogP contribution is -2.42. The van der Waals surface area contributed by atoms with E-state index < -0.39 is 5.60 Å². The predicted octanol–water partition coefficient (Wildman–Crippen LogP) is 2.94. The molecule has 1 amide bonds. The van der Waals surface area contributed by atoms with Gasteiger partial charge in [-0.15, -0.1) is 0 Å². The minimum absolute atomic E-state index is 0.0993. The fourth-order valence-electron chi connectivity index (χ4n) is 2.17. The smallest absolute Gasteiger partial charge is 0.407 e. The summed E-state index contributed by atoms with van der Waals surface area (Å²) >= 11 is 0. The van der Waals surface area contributed by atoms with Crippen molar-refractivity contribution in [3.05, 3.63) is 29.8 Å². The largest absolute Gasteiger partial charge is 0.444 e. The van der Waals surface area contributed by atoms with Crippen LogP contribution in [-0.2, 0) is 11.2 Å². The second-order valence-electron chi connectivity index (χ2n) is 5.92. The molecule has 0 bridgehead atoms. The van der Waals surface area contributed by atoms with Crippen LogP contribution >= 0.6 is 0 Å². The van der Waals surface area contributed by atoms with Gasteiger partial charge in [0.05, 0.1) is 0 Å². The van der Waals surface area contributed by atoms with Gasteiger partial charge in [0, 0.05) is 18.3 Å². The molecule has 4 heteroatoms. The van der Waals surface area contributed by atoms with Gasteiger partial charge in [-0.2, -0.15) is 0 Å². The Hall–Kier alpha value is -1.71. The van der Waals surface area contributed by atoms with E-state index in [0.717, 1.165) is 25.1 Å². The van der Waals surface area contributed by atoms with Gasteiger partial charge in [-0.1, -0.05) is 18.2 Å². The molecule has 1 aromatic carbocycles. The van der Waals surface area contributed by atoms with Gasteiger partial charge in [-0.3, -0.25) is 0 Å². The van der Waals surface area contributed by atoms with Crippen LogP contribution in [-0.4, -0.2) is 24.3 Å². The molecule has 0 fully saturated rings. The number of carbonyl (C=O) groups excluding carboxylic acids is 1. The second-order valence-corrected chi connectivity index (χ2v) is 5.92. The molecule has 0 saturated carbocycles. The summed E-state index contributed by atoms with van der Waals surface area (Å²) < 4.78 is 5.28. The fraction of sp³-hybridized carbons (Fsp3) is 0.533. The van der Waals surface area contributed by atoms with Crippen molar-refractivity contribution >= 4 is 11.8 Å². The van der Waals surface area contributed by atoms with Crippen LogP contribution in [0.5, 0.6) is 0 Å². The molecule has 0 aromatic heterocycles. The van der Waals surface area contributed by atoms with Crippen molar-refractivity contribution in [3.63, 3.8) is 0 Å². The van der Waals surface area contributed by atoms with E-state index in [4.69, 9.17) is 4.74 Å². The van der Waals surface area contributed by atoms with Crippen molar-refractivity contribution in [2.75, 3.05) is 11.9 Å². The molecule has 1 heterocycles. The van der Waals surface area contributed by atoms with E-state index >= 15 is 0 Å². The number of fused-ring (bicyclic) bond motifs is 1. The van der Waals surface area contributed by atoms with Gasteiger partial charge < -0.3 is 15.4 Å². The summed E-state index contributed by atoms with van der Waals surface area (Å²) in [5.41, 5.74) is 2.01. The molecule has 0 radical (unpaired) electrons. The number of hydrogen-bond donors (Lipinski definition) is 2. The molecule has 1 atom stereocenters. The van der Waals surface area contributed by atoms with Crippen molar-refractivity contribution in [2.45, 2.75) is 45.3 Å². The highest BCUT2D eigenvalue weighted by atomic mass is 16.6. The minimum Gasteiger partial charge on any atom is -0.444 e. The van der Waals surface area contributed by atoms with Crippen LogP contribution in [0.4, 0.5) is 10.5 Å². The van der Waals surface area contributed by atoms with Crippen molar-refractivity contribution in [2.24, 2.45) is 0 Å². The molecule has 1 aromatic rings. The number of nitrogens with one attached hydrogen (secondary N) is 2. The van der Waals surface area contributed by atoms with Crippen LogP contribution in [0.3, 0.4) is 0 Å². The van der Waals surface area contributed by atoms with E-state index in [1.807, 2.05) is 32.9 Å². The second kappa shape index (κ2) is 5.51. The number of hydrogen-bond acceptors (Lipinski definition) is 3. The third-order valence-electron chi connectivity index (χ3n) is 3.04. The lowest BCUT2D eigenvalue weighted by Gasteiger charge is -2.23. The van der Waals surface area contributed by atoms with Crippen LogP contribution < -0.4 is 10.6 Å². The zero-order chi connectivity index (χ0) is 13.9. The Morgan fingerprint density at radius 1 is 1.37 bits per heavy atom. The number of anilines is 1. The normalized spacial score (nSPS) is 18.8. The summed E-state index contributed by atoms with van der Waals surface area (Å²) in [6, 6.07) is 8.36. The van der Waals surface area contributed by atoms with E-state index in [1.165, 1.54) is 5.56 Å². The molecule has 2 rings (SSSR count). The molecule has 0 unspecified atom stereocenters. The molecule has 0 saturated heterocycles.